The van der Waals surface area contributed by atoms with E-state index in [0.717, 1.165) is 5.56 Å². The van der Waals surface area contributed by atoms with Crippen LogP contribution in [-0.2, 0) is 6.54 Å². The van der Waals surface area contributed by atoms with Gasteiger partial charge in [0.25, 0.3) is 0 Å². The van der Waals surface area contributed by atoms with Gasteiger partial charge in [-0.25, -0.2) is 4.98 Å². The number of aromatic nitrogens is 1. The van der Waals surface area contributed by atoms with Gasteiger partial charge in [0.1, 0.15) is 11.6 Å². The minimum absolute atomic E-state index is 0.0796. The number of hydrogen-bond donors (Lipinski definition) is 1. The number of pyridine rings is 1. The van der Waals surface area contributed by atoms with Crippen molar-refractivity contribution in [1.82, 2.24) is 9.88 Å². The molecule has 0 aliphatic rings. The molecule has 0 saturated carbocycles. The van der Waals surface area contributed by atoms with Gasteiger partial charge in [-0.3, -0.25) is 0 Å². The van der Waals surface area contributed by atoms with Crippen molar-refractivity contribution >= 4 is 11.6 Å². The maximum absolute atomic E-state index is 6.14. The summed E-state index contributed by atoms with van der Waals surface area (Å²) in [5.74, 6) is 0.449. The summed E-state index contributed by atoms with van der Waals surface area (Å²) in [5, 5.41) is 0.504. The average molecular weight is 258 g/mol. The lowest BCUT2D eigenvalue weighted by molar-refractivity contribution is 0.111. The van der Waals surface area contributed by atoms with Crippen molar-refractivity contribution in [1.29, 1.82) is 0 Å². The van der Waals surface area contributed by atoms with E-state index in [4.69, 9.17) is 22.1 Å². The molecule has 1 rings (SSSR count). The van der Waals surface area contributed by atoms with E-state index in [1.807, 2.05) is 14.1 Å². The van der Waals surface area contributed by atoms with Crippen molar-refractivity contribution < 1.29 is 4.74 Å². The van der Waals surface area contributed by atoms with Crippen molar-refractivity contribution in [3.63, 3.8) is 0 Å². The number of likely N-dealkylation sites (N-methyl/N-ethyl adjacent to an activating group) is 1. The van der Waals surface area contributed by atoms with E-state index in [2.05, 4.69) is 23.7 Å². The Morgan fingerprint density at radius 3 is 2.65 bits per heavy atom. The summed E-state index contributed by atoms with van der Waals surface area (Å²) in [4.78, 5) is 6.21. The van der Waals surface area contributed by atoms with Gasteiger partial charge >= 0.3 is 0 Å². The summed E-state index contributed by atoms with van der Waals surface area (Å²) < 4.78 is 5.67. The number of halogens is 1. The molecule has 0 saturated heterocycles. The van der Waals surface area contributed by atoms with Gasteiger partial charge in [0.15, 0.2) is 0 Å². The first-order valence-electron chi connectivity index (χ1n) is 5.52. The number of nitrogens with two attached hydrogens (primary N) is 1. The summed E-state index contributed by atoms with van der Waals surface area (Å²) in [6.07, 6.45) is 1.66. The van der Waals surface area contributed by atoms with E-state index in [1.54, 1.807) is 12.3 Å². The quantitative estimate of drug-likeness (QED) is 0.876. The van der Waals surface area contributed by atoms with Gasteiger partial charge in [-0.05, 0) is 39.6 Å². The Morgan fingerprint density at radius 2 is 2.12 bits per heavy atom. The molecule has 0 atom stereocenters. The fourth-order valence-corrected chi connectivity index (χ4v) is 1.34. The first kappa shape index (κ1) is 14.2. The first-order chi connectivity index (χ1) is 7.88. The summed E-state index contributed by atoms with van der Waals surface area (Å²) in [7, 11) is 4.02. The maximum atomic E-state index is 6.14. The molecule has 1 aromatic heterocycles. The highest BCUT2D eigenvalue weighted by Gasteiger charge is 2.22. The van der Waals surface area contributed by atoms with E-state index < -0.39 is 0 Å². The predicted octanol–water partition coefficient (Wildman–Crippen LogP) is 1.91. The molecular formula is C12H20ClN3O. The highest BCUT2D eigenvalue weighted by molar-refractivity contribution is 6.32. The zero-order valence-electron chi connectivity index (χ0n) is 10.8. The Hall–Kier alpha value is -0.840. The number of ether oxygens (including phenoxy) is 1. The summed E-state index contributed by atoms with van der Waals surface area (Å²) in [5.41, 5.74) is 6.34. The lowest BCUT2D eigenvalue weighted by Crippen LogP contribution is -2.43. The van der Waals surface area contributed by atoms with E-state index in [-0.39, 0.29) is 5.54 Å². The smallest absolute Gasteiger partial charge is 0.232 e. The second kappa shape index (κ2) is 5.67. The molecule has 5 heteroatoms. The van der Waals surface area contributed by atoms with Crippen LogP contribution in [0, 0.1) is 0 Å². The Morgan fingerprint density at radius 1 is 1.47 bits per heavy atom. The zero-order chi connectivity index (χ0) is 13.1. The molecule has 0 fully saturated rings. The van der Waals surface area contributed by atoms with Crippen LogP contribution in [0.2, 0.25) is 5.02 Å². The largest absolute Gasteiger partial charge is 0.475 e. The molecule has 0 bridgehead atoms. The van der Waals surface area contributed by atoms with Crippen LogP contribution in [-0.4, -0.2) is 36.1 Å². The predicted molar refractivity (Wildman–Crippen MR) is 70.4 cm³/mol. The minimum atomic E-state index is -0.0796. The summed E-state index contributed by atoms with van der Waals surface area (Å²) in [6.45, 7) is 5.08. The zero-order valence-corrected chi connectivity index (χ0v) is 11.6. The van der Waals surface area contributed by atoms with Crippen molar-refractivity contribution in [2.45, 2.75) is 25.9 Å². The molecule has 2 N–H and O–H groups in total. The highest BCUT2D eigenvalue weighted by Crippen LogP contribution is 2.26. The molecule has 0 radical (unpaired) electrons. The molecule has 0 aliphatic heterocycles. The van der Waals surface area contributed by atoms with Crippen molar-refractivity contribution in [3.05, 3.63) is 22.8 Å². The topological polar surface area (TPSA) is 51.4 Å². The lowest BCUT2D eigenvalue weighted by atomic mass is 10.1. The summed E-state index contributed by atoms with van der Waals surface area (Å²) in [6, 6.07) is 1.80. The first-order valence-corrected chi connectivity index (χ1v) is 5.90. The number of nitrogens with zero attached hydrogens (tertiary/aromatic N) is 2. The van der Waals surface area contributed by atoms with Gasteiger partial charge in [0.2, 0.25) is 5.88 Å². The molecule has 0 amide bonds. The SMILES string of the molecule is CN(C)C(C)(C)COc1nccc(CN)c1Cl. The van der Waals surface area contributed by atoms with Crippen LogP contribution in [0.1, 0.15) is 19.4 Å². The number of hydrogen-bond acceptors (Lipinski definition) is 4. The van der Waals surface area contributed by atoms with Gasteiger partial charge < -0.3 is 15.4 Å². The van der Waals surface area contributed by atoms with Crippen molar-refractivity contribution in [2.24, 2.45) is 5.73 Å². The normalized spacial score (nSPS) is 11.9. The van der Waals surface area contributed by atoms with Gasteiger partial charge in [-0.1, -0.05) is 11.6 Å². The van der Waals surface area contributed by atoms with E-state index in [1.165, 1.54) is 0 Å². The monoisotopic (exact) mass is 257 g/mol. The van der Waals surface area contributed by atoms with E-state index in [9.17, 15) is 0 Å². The molecule has 0 aliphatic carbocycles. The van der Waals surface area contributed by atoms with Crippen molar-refractivity contribution in [3.8, 4) is 5.88 Å². The Labute approximate surface area is 108 Å². The molecule has 1 aromatic rings. The van der Waals surface area contributed by atoms with E-state index >= 15 is 0 Å². The molecule has 0 unspecified atom stereocenters. The lowest BCUT2D eigenvalue weighted by Gasteiger charge is -2.32. The van der Waals surface area contributed by atoms with Crippen LogP contribution in [0.15, 0.2) is 12.3 Å². The third-order valence-corrected chi connectivity index (χ3v) is 3.33. The molecule has 17 heavy (non-hydrogen) atoms. The molecule has 4 nitrogen and oxygen atoms in total. The molecular weight excluding hydrogens is 238 g/mol. The standard InChI is InChI=1S/C12H20ClN3O/c1-12(2,16(3)4)8-17-11-10(13)9(7-14)5-6-15-11/h5-6H,7-8,14H2,1-4H3. The minimum Gasteiger partial charge on any atom is -0.475 e. The van der Waals surface area contributed by atoms with Crippen molar-refractivity contribution in [2.75, 3.05) is 20.7 Å². The van der Waals surface area contributed by atoms with Crippen LogP contribution in [0.3, 0.4) is 0 Å². The second-order valence-electron chi connectivity index (χ2n) is 4.79. The van der Waals surface area contributed by atoms with Crippen LogP contribution in [0.25, 0.3) is 0 Å². The van der Waals surface area contributed by atoms with Crippen LogP contribution >= 0.6 is 11.6 Å². The molecule has 1 heterocycles. The molecule has 0 aromatic carbocycles. The number of rotatable bonds is 5. The average Bonchev–Trinajstić information content (AvgIpc) is 2.27. The van der Waals surface area contributed by atoms with Gasteiger partial charge in [-0.2, -0.15) is 0 Å². The Balaban J connectivity index is 2.76. The molecule has 0 spiro atoms. The molecule has 96 valence electrons. The fraction of sp³-hybridized carbons (Fsp3) is 0.583. The highest BCUT2D eigenvalue weighted by atomic mass is 35.5. The van der Waals surface area contributed by atoms with Crippen LogP contribution < -0.4 is 10.5 Å². The van der Waals surface area contributed by atoms with Gasteiger partial charge in [0, 0.05) is 18.3 Å². The Kier molecular flexibility index (Phi) is 4.74. The third-order valence-electron chi connectivity index (χ3n) is 2.93. The second-order valence-corrected chi connectivity index (χ2v) is 5.17. The van der Waals surface area contributed by atoms with Crippen LogP contribution in [0.4, 0.5) is 0 Å². The van der Waals surface area contributed by atoms with Gasteiger partial charge in [-0.15, -0.1) is 0 Å². The maximum Gasteiger partial charge on any atom is 0.232 e. The third kappa shape index (κ3) is 3.56. The summed E-state index contributed by atoms with van der Waals surface area (Å²) >= 11 is 6.14. The van der Waals surface area contributed by atoms with Crippen LogP contribution in [0.5, 0.6) is 5.88 Å². The van der Waals surface area contributed by atoms with E-state index in [0.29, 0.717) is 24.1 Å². The fourth-order valence-electron chi connectivity index (χ4n) is 1.09. The Bertz CT molecular complexity index is 380. The van der Waals surface area contributed by atoms with Gasteiger partial charge in [0.05, 0.1) is 0 Å².